The van der Waals surface area contributed by atoms with Gasteiger partial charge in [-0.2, -0.15) is 0 Å². The number of hydrogen-bond donors (Lipinski definition) is 0. The third-order valence-electron chi connectivity index (χ3n) is 4.74. The quantitative estimate of drug-likeness (QED) is 0.778. The van der Waals surface area contributed by atoms with E-state index < -0.39 is 0 Å². The Morgan fingerprint density at radius 3 is 2.56 bits per heavy atom. The highest BCUT2D eigenvalue weighted by Crippen LogP contribution is 2.36. The summed E-state index contributed by atoms with van der Waals surface area (Å²) in [5, 5.41) is 1.08. The van der Waals surface area contributed by atoms with Crippen molar-refractivity contribution in [3.05, 3.63) is 30.1 Å². The van der Waals surface area contributed by atoms with Gasteiger partial charge in [0.25, 0.3) is 0 Å². The summed E-state index contributed by atoms with van der Waals surface area (Å²) in [5.74, 6) is -0.536. The van der Waals surface area contributed by atoms with Gasteiger partial charge in [0.15, 0.2) is 5.17 Å². The van der Waals surface area contributed by atoms with Crippen LogP contribution in [0.5, 0.6) is 0 Å². The van der Waals surface area contributed by atoms with E-state index in [0.717, 1.165) is 18.0 Å². The topological polar surface area (TPSA) is 35.9 Å². The van der Waals surface area contributed by atoms with E-state index in [1.165, 1.54) is 25.8 Å². The maximum atomic E-state index is 14.3. The molecule has 1 aromatic rings. The number of amidine groups is 1. The first kappa shape index (κ1) is 20.0. The summed E-state index contributed by atoms with van der Waals surface area (Å²) in [6, 6.07) is 6.84. The number of carbonyl (C=O) groups is 1. The zero-order chi connectivity index (χ0) is 17.3. The molecular formula is C18H25ClFN3OS. The van der Waals surface area contributed by atoms with Gasteiger partial charge in [0.05, 0.1) is 11.7 Å². The Balaban J connectivity index is 0.00000225. The van der Waals surface area contributed by atoms with Gasteiger partial charge < -0.3 is 4.90 Å². The van der Waals surface area contributed by atoms with Gasteiger partial charge in [-0.15, -0.1) is 12.4 Å². The van der Waals surface area contributed by atoms with Crippen LogP contribution in [-0.2, 0) is 4.79 Å². The van der Waals surface area contributed by atoms with Gasteiger partial charge in [-0.3, -0.25) is 14.7 Å². The minimum Gasteiger partial charge on any atom is -0.333 e. The van der Waals surface area contributed by atoms with E-state index in [1.807, 2.05) is 11.9 Å². The molecule has 7 heteroatoms. The zero-order valence-electron chi connectivity index (χ0n) is 14.8. The molecule has 1 aromatic carbocycles. The molecule has 2 fully saturated rings. The molecule has 0 bridgehead atoms. The van der Waals surface area contributed by atoms with E-state index in [4.69, 9.17) is 4.99 Å². The molecule has 2 aliphatic rings. The lowest BCUT2D eigenvalue weighted by Gasteiger charge is -2.35. The molecule has 2 atom stereocenters. The number of benzene rings is 1. The minimum atomic E-state index is -0.375. The number of para-hydroxylation sites is 1. The number of halogens is 2. The van der Waals surface area contributed by atoms with E-state index >= 15 is 0 Å². The maximum Gasteiger partial charge on any atom is 0.225 e. The molecule has 1 aliphatic carbocycles. The number of nitrogens with zero attached hydrogens (tertiary/aromatic N) is 3. The number of rotatable bonds is 3. The monoisotopic (exact) mass is 385 g/mol. The van der Waals surface area contributed by atoms with Gasteiger partial charge in [0.1, 0.15) is 12.0 Å². The van der Waals surface area contributed by atoms with Crippen LogP contribution in [0.1, 0.15) is 39.5 Å². The average molecular weight is 386 g/mol. The summed E-state index contributed by atoms with van der Waals surface area (Å²) < 4.78 is 14.3. The SMILES string of the molecule is CC(=O)N(c1ccccc1F)C1C(C)SC(=NC2CCCC2)N1C.Cl. The van der Waals surface area contributed by atoms with Crippen LogP contribution in [0.25, 0.3) is 0 Å². The van der Waals surface area contributed by atoms with Crippen molar-refractivity contribution in [2.24, 2.45) is 4.99 Å². The predicted molar refractivity (Wildman–Crippen MR) is 105 cm³/mol. The van der Waals surface area contributed by atoms with Crippen LogP contribution in [0.2, 0.25) is 0 Å². The number of thioether (sulfide) groups is 1. The van der Waals surface area contributed by atoms with Gasteiger partial charge in [0, 0.05) is 19.2 Å². The van der Waals surface area contributed by atoms with Crippen molar-refractivity contribution >= 4 is 40.9 Å². The molecule has 138 valence electrons. The van der Waals surface area contributed by atoms with Gasteiger partial charge in [-0.25, -0.2) is 4.39 Å². The molecule has 25 heavy (non-hydrogen) atoms. The van der Waals surface area contributed by atoms with Crippen molar-refractivity contribution in [3.63, 3.8) is 0 Å². The fraction of sp³-hybridized carbons (Fsp3) is 0.556. The number of amides is 1. The van der Waals surface area contributed by atoms with Crippen molar-refractivity contribution in [2.45, 2.75) is 57.0 Å². The lowest BCUT2D eigenvalue weighted by atomic mass is 10.2. The molecule has 0 radical (unpaired) electrons. The van der Waals surface area contributed by atoms with Gasteiger partial charge in [0.2, 0.25) is 5.91 Å². The van der Waals surface area contributed by atoms with Crippen LogP contribution < -0.4 is 4.90 Å². The smallest absolute Gasteiger partial charge is 0.225 e. The van der Waals surface area contributed by atoms with Crippen molar-refractivity contribution in [1.29, 1.82) is 0 Å². The van der Waals surface area contributed by atoms with Crippen LogP contribution in [0, 0.1) is 5.82 Å². The van der Waals surface area contributed by atoms with E-state index in [1.54, 1.807) is 34.9 Å². The molecule has 1 aliphatic heterocycles. The summed E-state index contributed by atoms with van der Waals surface area (Å²) in [5.41, 5.74) is 0.330. The zero-order valence-corrected chi connectivity index (χ0v) is 16.4. The molecular weight excluding hydrogens is 361 g/mol. The first-order chi connectivity index (χ1) is 11.5. The van der Waals surface area contributed by atoms with Crippen LogP contribution in [0.15, 0.2) is 29.3 Å². The Morgan fingerprint density at radius 2 is 1.96 bits per heavy atom. The molecule has 2 unspecified atom stereocenters. The Morgan fingerprint density at radius 1 is 1.32 bits per heavy atom. The first-order valence-corrected chi connectivity index (χ1v) is 9.38. The van der Waals surface area contributed by atoms with E-state index in [-0.39, 0.29) is 35.5 Å². The molecule has 3 rings (SSSR count). The van der Waals surface area contributed by atoms with Crippen molar-refractivity contribution in [1.82, 2.24) is 4.90 Å². The van der Waals surface area contributed by atoms with Crippen molar-refractivity contribution in [2.75, 3.05) is 11.9 Å². The third-order valence-corrected chi connectivity index (χ3v) is 5.96. The molecule has 0 aromatic heterocycles. The highest BCUT2D eigenvalue weighted by atomic mass is 35.5. The Labute approximate surface area is 159 Å². The molecule has 1 saturated heterocycles. The van der Waals surface area contributed by atoms with Crippen LogP contribution in [0.4, 0.5) is 10.1 Å². The fourth-order valence-corrected chi connectivity index (χ4v) is 4.82. The second-order valence-electron chi connectivity index (χ2n) is 6.54. The highest BCUT2D eigenvalue weighted by Gasteiger charge is 2.41. The lowest BCUT2D eigenvalue weighted by molar-refractivity contribution is -0.117. The second kappa shape index (κ2) is 8.41. The standard InChI is InChI=1S/C18H24FN3OS.ClH/c1-12-17(21(3)18(24-12)20-14-8-4-5-9-14)22(13(2)23)16-11-7-6-10-15(16)19;/h6-7,10-12,14,17H,4-5,8-9H2,1-3H3;1H. The number of aliphatic imine (C=N–C) groups is 1. The molecule has 1 amide bonds. The van der Waals surface area contributed by atoms with E-state index in [0.29, 0.717) is 11.7 Å². The van der Waals surface area contributed by atoms with Crippen LogP contribution >= 0.6 is 24.2 Å². The summed E-state index contributed by atoms with van der Waals surface area (Å²) in [7, 11) is 1.95. The van der Waals surface area contributed by atoms with Gasteiger partial charge in [-0.05, 0) is 31.9 Å². The second-order valence-corrected chi connectivity index (χ2v) is 7.88. The van der Waals surface area contributed by atoms with Gasteiger partial charge >= 0.3 is 0 Å². The molecule has 0 N–H and O–H groups in total. The third kappa shape index (κ3) is 4.11. The summed E-state index contributed by atoms with van der Waals surface area (Å²) >= 11 is 1.67. The number of hydrogen-bond acceptors (Lipinski definition) is 3. The Bertz CT molecular complexity index is 651. The van der Waals surface area contributed by atoms with Crippen molar-refractivity contribution in [3.8, 4) is 0 Å². The Hall–Kier alpha value is -1.27. The van der Waals surface area contributed by atoms with Crippen LogP contribution in [-0.4, -0.2) is 40.5 Å². The lowest BCUT2D eigenvalue weighted by Crippen LogP contribution is -2.51. The molecule has 0 spiro atoms. The van der Waals surface area contributed by atoms with Gasteiger partial charge in [-0.1, -0.05) is 36.7 Å². The maximum absolute atomic E-state index is 14.3. The van der Waals surface area contributed by atoms with Crippen LogP contribution in [0.3, 0.4) is 0 Å². The molecule has 4 nitrogen and oxygen atoms in total. The van der Waals surface area contributed by atoms with E-state index in [9.17, 15) is 9.18 Å². The minimum absolute atomic E-state index is 0. The summed E-state index contributed by atoms with van der Waals surface area (Å²) in [4.78, 5) is 20.8. The highest BCUT2D eigenvalue weighted by molar-refractivity contribution is 8.14. The normalized spacial score (nSPS) is 25.3. The van der Waals surface area contributed by atoms with Crippen molar-refractivity contribution < 1.29 is 9.18 Å². The Kier molecular flexibility index (Phi) is 6.74. The average Bonchev–Trinajstić information content (AvgIpc) is 3.13. The summed E-state index contributed by atoms with van der Waals surface area (Å²) in [6.07, 6.45) is 4.53. The number of anilines is 1. The first-order valence-electron chi connectivity index (χ1n) is 8.50. The predicted octanol–water partition coefficient (Wildman–Crippen LogP) is 4.29. The van der Waals surface area contributed by atoms with E-state index in [2.05, 4.69) is 6.92 Å². The number of carbonyl (C=O) groups excluding carboxylic acids is 1. The fourth-order valence-electron chi connectivity index (χ4n) is 3.58. The molecule has 1 heterocycles. The molecule has 1 saturated carbocycles. The largest absolute Gasteiger partial charge is 0.333 e. The summed E-state index contributed by atoms with van der Waals surface area (Å²) in [6.45, 7) is 3.56.